The molecule has 0 aliphatic rings. The van der Waals surface area contributed by atoms with Crippen molar-refractivity contribution in [2.45, 2.75) is 33.4 Å². The van der Waals surface area contributed by atoms with Gasteiger partial charge in [0.15, 0.2) is 5.43 Å². The van der Waals surface area contributed by atoms with E-state index in [1.165, 1.54) is 19.4 Å². The van der Waals surface area contributed by atoms with Crippen LogP contribution in [0.1, 0.15) is 42.7 Å². The standard InChI is InChI=1S/C27H30ClNO6/c1-5-34-27(32)20-14-29(23(15-30)17(2)3)22(12-24(20)31)19-11-21(28)26(33-4)13-25(19)35-16-18-9-7-6-8-10-18/h6-14,17,23,30H,5,15-16H2,1-4H3/t23-/m0/s1. The molecule has 186 valence electrons. The van der Waals surface area contributed by atoms with Gasteiger partial charge in [0.2, 0.25) is 0 Å². The molecule has 1 heterocycles. The Labute approximate surface area is 209 Å². The van der Waals surface area contributed by atoms with Crippen molar-refractivity contribution in [1.82, 2.24) is 4.57 Å². The van der Waals surface area contributed by atoms with Gasteiger partial charge in [-0.2, -0.15) is 0 Å². The Morgan fingerprint density at radius 3 is 2.43 bits per heavy atom. The van der Waals surface area contributed by atoms with E-state index < -0.39 is 17.4 Å². The first-order chi connectivity index (χ1) is 16.8. The van der Waals surface area contributed by atoms with Crippen molar-refractivity contribution in [1.29, 1.82) is 0 Å². The molecule has 3 rings (SSSR count). The number of halogens is 1. The predicted octanol–water partition coefficient (Wildman–Crippen LogP) is 5.12. The van der Waals surface area contributed by atoms with Crippen LogP contribution >= 0.6 is 11.6 Å². The van der Waals surface area contributed by atoms with Gasteiger partial charge in [-0.3, -0.25) is 4.79 Å². The fraction of sp³-hybridized carbons (Fsp3) is 0.333. The summed E-state index contributed by atoms with van der Waals surface area (Å²) in [6, 6.07) is 13.9. The van der Waals surface area contributed by atoms with Crippen LogP contribution in [0.5, 0.6) is 11.5 Å². The molecule has 0 saturated heterocycles. The van der Waals surface area contributed by atoms with Crippen LogP contribution in [0.25, 0.3) is 11.3 Å². The Morgan fingerprint density at radius 1 is 1.11 bits per heavy atom. The number of aliphatic hydroxyl groups is 1. The van der Waals surface area contributed by atoms with E-state index in [1.807, 2.05) is 44.2 Å². The van der Waals surface area contributed by atoms with E-state index in [-0.39, 0.29) is 31.3 Å². The van der Waals surface area contributed by atoms with Crippen molar-refractivity contribution < 1.29 is 24.1 Å². The van der Waals surface area contributed by atoms with Crippen LogP contribution in [-0.2, 0) is 11.3 Å². The molecule has 0 unspecified atom stereocenters. The normalized spacial score (nSPS) is 11.9. The molecular weight excluding hydrogens is 470 g/mol. The van der Waals surface area contributed by atoms with Crippen LogP contribution in [-0.4, -0.2) is 36.0 Å². The Morgan fingerprint density at radius 2 is 1.83 bits per heavy atom. The third kappa shape index (κ3) is 6.05. The van der Waals surface area contributed by atoms with Gasteiger partial charge in [0.1, 0.15) is 23.7 Å². The second kappa shape index (κ2) is 11.9. The molecule has 8 heteroatoms. The summed E-state index contributed by atoms with van der Waals surface area (Å²) in [6.45, 7) is 5.77. The number of rotatable bonds is 10. The first kappa shape index (κ1) is 26.3. The quantitative estimate of drug-likeness (QED) is 0.389. The summed E-state index contributed by atoms with van der Waals surface area (Å²) in [4.78, 5) is 25.4. The third-order valence-corrected chi connectivity index (χ3v) is 5.95. The van der Waals surface area contributed by atoms with E-state index in [1.54, 1.807) is 23.6 Å². The summed E-state index contributed by atoms with van der Waals surface area (Å²) < 4.78 is 18.3. The SMILES string of the molecule is CCOC(=O)c1cn([C@@H](CO)C(C)C)c(-c2cc(Cl)c(OC)cc2OCc2ccccc2)cc1=O. The number of hydrogen-bond acceptors (Lipinski definition) is 6. The highest BCUT2D eigenvalue weighted by Gasteiger charge is 2.24. The summed E-state index contributed by atoms with van der Waals surface area (Å²) in [6.07, 6.45) is 1.44. The number of benzene rings is 2. The van der Waals surface area contributed by atoms with Gasteiger partial charge in [-0.15, -0.1) is 0 Å². The maximum Gasteiger partial charge on any atom is 0.343 e. The fourth-order valence-corrected chi connectivity index (χ4v) is 4.01. The number of hydrogen-bond donors (Lipinski definition) is 1. The molecule has 0 fully saturated rings. The van der Waals surface area contributed by atoms with Gasteiger partial charge in [0.05, 0.1) is 37.1 Å². The van der Waals surface area contributed by atoms with Crippen LogP contribution in [0.3, 0.4) is 0 Å². The van der Waals surface area contributed by atoms with Crippen LogP contribution in [0, 0.1) is 5.92 Å². The number of carbonyl (C=O) groups excluding carboxylic acids is 1. The summed E-state index contributed by atoms with van der Waals surface area (Å²) in [5.41, 5.74) is 1.32. The van der Waals surface area contributed by atoms with E-state index in [4.69, 9.17) is 25.8 Å². The zero-order valence-electron chi connectivity index (χ0n) is 20.3. The number of aromatic nitrogens is 1. The number of methoxy groups -OCH3 is 1. The summed E-state index contributed by atoms with van der Waals surface area (Å²) in [5, 5.41) is 10.5. The molecule has 3 aromatic rings. The number of carbonyl (C=O) groups is 1. The molecule has 1 aromatic heterocycles. The smallest absolute Gasteiger partial charge is 0.343 e. The average Bonchev–Trinajstić information content (AvgIpc) is 2.84. The second-order valence-electron chi connectivity index (χ2n) is 8.32. The highest BCUT2D eigenvalue weighted by atomic mass is 35.5. The molecule has 1 atom stereocenters. The third-order valence-electron chi connectivity index (χ3n) is 5.66. The van der Waals surface area contributed by atoms with Crippen molar-refractivity contribution in [3.05, 3.63) is 81.1 Å². The van der Waals surface area contributed by atoms with Crippen molar-refractivity contribution in [2.75, 3.05) is 20.3 Å². The fourth-order valence-electron chi connectivity index (χ4n) is 3.77. The van der Waals surface area contributed by atoms with Gasteiger partial charge in [-0.05, 0) is 24.5 Å². The second-order valence-corrected chi connectivity index (χ2v) is 8.72. The topological polar surface area (TPSA) is 87.0 Å². The number of aliphatic hydroxyl groups excluding tert-OH is 1. The molecule has 2 aromatic carbocycles. The summed E-state index contributed by atoms with van der Waals surface area (Å²) in [7, 11) is 1.51. The van der Waals surface area contributed by atoms with Gasteiger partial charge in [-0.25, -0.2) is 4.79 Å². The number of ether oxygens (including phenoxy) is 3. The molecule has 0 saturated carbocycles. The lowest BCUT2D eigenvalue weighted by Gasteiger charge is -2.27. The zero-order chi connectivity index (χ0) is 25.5. The molecule has 0 amide bonds. The minimum absolute atomic E-state index is 0.0151. The van der Waals surface area contributed by atoms with Crippen LogP contribution < -0.4 is 14.9 Å². The molecule has 0 aliphatic heterocycles. The molecule has 0 aliphatic carbocycles. The molecule has 0 bridgehead atoms. The van der Waals surface area contributed by atoms with E-state index in [0.29, 0.717) is 27.8 Å². The molecular formula is C27H30ClNO6. The Kier molecular flexibility index (Phi) is 8.95. The first-order valence-electron chi connectivity index (χ1n) is 11.4. The minimum atomic E-state index is -0.716. The lowest BCUT2D eigenvalue weighted by molar-refractivity contribution is 0.0523. The maximum atomic E-state index is 13.0. The van der Waals surface area contributed by atoms with E-state index in [9.17, 15) is 14.7 Å². The first-order valence-corrected chi connectivity index (χ1v) is 11.8. The van der Waals surface area contributed by atoms with E-state index in [2.05, 4.69) is 0 Å². The summed E-state index contributed by atoms with van der Waals surface area (Å²) >= 11 is 6.47. The van der Waals surface area contributed by atoms with Gasteiger partial charge >= 0.3 is 5.97 Å². The predicted molar refractivity (Wildman–Crippen MR) is 135 cm³/mol. The monoisotopic (exact) mass is 499 g/mol. The highest BCUT2D eigenvalue weighted by Crippen LogP contribution is 2.40. The molecule has 0 spiro atoms. The molecule has 0 radical (unpaired) electrons. The number of esters is 1. The lowest BCUT2D eigenvalue weighted by atomic mass is 10.0. The van der Waals surface area contributed by atoms with E-state index in [0.717, 1.165) is 5.56 Å². The van der Waals surface area contributed by atoms with Crippen molar-refractivity contribution in [3.8, 4) is 22.8 Å². The van der Waals surface area contributed by atoms with Gasteiger partial charge < -0.3 is 23.9 Å². The highest BCUT2D eigenvalue weighted by molar-refractivity contribution is 6.32. The largest absolute Gasteiger partial charge is 0.495 e. The van der Waals surface area contributed by atoms with Crippen molar-refractivity contribution in [2.24, 2.45) is 5.92 Å². The molecule has 35 heavy (non-hydrogen) atoms. The van der Waals surface area contributed by atoms with Crippen LogP contribution in [0.4, 0.5) is 0 Å². The van der Waals surface area contributed by atoms with Gasteiger partial charge in [0, 0.05) is 23.9 Å². The van der Waals surface area contributed by atoms with Gasteiger partial charge in [-0.1, -0.05) is 55.8 Å². The summed E-state index contributed by atoms with van der Waals surface area (Å²) in [5.74, 6) is 0.121. The zero-order valence-corrected chi connectivity index (χ0v) is 21.0. The molecule has 1 N–H and O–H groups in total. The molecule has 7 nitrogen and oxygen atoms in total. The van der Waals surface area contributed by atoms with E-state index >= 15 is 0 Å². The number of nitrogens with zero attached hydrogens (tertiary/aromatic N) is 1. The average molecular weight is 500 g/mol. The number of pyridine rings is 1. The Hall–Kier alpha value is -3.29. The van der Waals surface area contributed by atoms with Crippen molar-refractivity contribution >= 4 is 17.6 Å². The Balaban J connectivity index is 2.22. The van der Waals surface area contributed by atoms with Crippen molar-refractivity contribution in [3.63, 3.8) is 0 Å². The maximum absolute atomic E-state index is 13.0. The lowest BCUT2D eigenvalue weighted by Crippen LogP contribution is -2.26. The van der Waals surface area contributed by atoms with Crippen LogP contribution in [0.2, 0.25) is 5.02 Å². The van der Waals surface area contributed by atoms with Crippen LogP contribution in [0.15, 0.2) is 59.5 Å². The Bertz CT molecular complexity index is 1220. The minimum Gasteiger partial charge on any atom is -0.495 e. The van der Waals surface area contributed by atoms with Gasteiger partial charge in [0.25, 0.3) is 0 Å².